The van der Waals surface area contributed by atoms with Crippen LogP contribution >= 0.6 is 12.4 Å². The quantitative estimate of drug-likeness (QED) is 0.385. The SMILES string of the molecule is Cl.N=C(NC(=N)NN1CCCCC1)NN1CCCCC1. The molecule has 0 atom stereocenters. The fraction of sp³-hybridized carbons (Fsp3) is 0.833. The average Bonchev–Trinajstić information content (AvgIpc) is 2.40. The molecule has 8 heteroatoms. The predicted octanol–water partition coefficient (Wildman–Crippen LogP) is 0.848. The van der Waals surface area contributed by atoms with Crippen LogP contribution in [-0.4, -0.2) is 48.1 Å². The first kappa shape index (κ1) is 17.0. The van der Waals surface area contributed by atoms with E-state index in [4.69, 9.17) is 10.8 Å². The zero-order chi connectivity index (χ0) is 13.5. The Balaban J connectivity index is 0.00000200. The van der Waals surface area contributed by atoms with Crippen LogP contribution in [0.4, 0.5) is 0 Å². The van der Waals surface area contributed by atoms with Crippen molar-refractivity contribution in [1.82, 2.24) is 26.2 Å². The van der Waals surface area contributed by atoms with Gasteiger partial charge in [0.25, 0.3) is 0 Å². The molecule has 0 bridgehead atoms. The van der Waals surface area contributed by atoms with Crippen LogP contribution in [0.15, 0.2) is 0 Å². The van der Waals surface area contributed by atoms with E-state index in [1.54, 1.807) is 0 Å². The molecule has 2 fully saturated rings. The summed E-state index contributed by atoms with van der Waals surface area (Å²) in [6.07, 6.45) is 7.22. The largest absolute Gasteiger partial charge is 0.295 e. The normalized spacial score (nSPS) is 20.6. The molecular formula is C12H26ClN7. The van der Waals surface area contributed by atoms with Crippen LogP contribution in [-0.2, 0) is 0 Å². The highest BCUT2D eigenvalue weighted by atomic mass is 35.5. The Hall–Kier alpha value is -1.05. The number of nitrogens with zero attached hydrogens (tertiary/aromatic N) is 2. The average molecular weight is 304 g/mol. The van der Waals surface area contributed by atoms with E-state index in [9.17, 15) is 0 Å². The van der Waals surface area contributed by atoms with Gasteiger partial charge in [0.15, 0.2) is 0 Å². The van der Waals surface area contributed by atoms with E-state index in [2.05, 4.69) is 16.2 Å². The summed E-state index contributed by atoms with van der Waals surface area (Å²) in [6.45, 7) is 3.88. The van der Waals surface area contributed by atoms with Gasteiger partial charge >= 0.3 is 0 Å². The van der Waals surface area contributed by atoms with Gasteiger partial charge in [-0.2, -0.15) is 0 Å². The van der Waals surface area contributed by atoms with Crippen molar-refractivity contribution in [3.05, 3.63) is 0 Å². The summed E-state index contributed by atoms with van der Waals surface area (Å²) in [5.74, 6) is 0.327. The summed E-state index contributed by atoms with van der Waals surface area (Å²) in [7, 11) is 0. The molecule has 116 valence electrons. The van der Waals surface area contributed by atoms with Crippen LogP contribution in [0, 0.1) is 10.8 Å². The Morgan fingerprint density at radius 3 is 1.35 bits per heavy atom. The van der Waals surface area contributed by atoms with Crippen molar-refractivity contribution in [1.29, 1.82) is 10.8 Å². The fourth-order valence-corrected chi connectivity index (χ4v) is 2.51. The fourth-order valence-electron chi connectivity index (χ4n) is 2.51. The van der Waals surface area contributed by atoms with Gasteiger partial charge in [-0.3, -0.25) is 27.0 Å². The molecule has 2 aliphatic heterocycles. The van der Waals surface area contributed by atoms with Gasteiger partial charge in [0.2, 0.25) is 11.9 Å². The van der Waals surface area contributed by atoms with Crippen molar-refractivity contribution < 1.29 is 0 Å². The lowest BCUT2D eigenvalue weighted by Crippen LogP contribution is -2.56. The molecule has 20 heavy (non-hydrogen) atoms. The monoisotopic (exact) mass is 303 g/mol. The number of guanidine groups is 2. The predicted molar refractivity (Wildman–Crippen MR) is 83.0 cm³/mol. The lowest BCUT2D eigenvalue weighted by Gasteiger charge is -2.30. The van der Waals surface area contributed by atoms with Crippen LogP contribution in [0.3, 0.4) is 0 Å². The van der Waals surface area contributed by atoms with Gasteiger partial charge in [-0.25, -0.2) is 10.0 Å². The van der Waals surface area contributed by atoms with E-state index in [1.165, 1.54) is 38.5 Å². The molecule has 0 amide bonds. The van der Waals surface area contributed by atoms with Gasteiger partial charge < -0.3 is 0 Å². The number of hydrogen-bond donors (Lipinski definition) is 5. The van der Waals surface area contributed by atoms with Gasteiger partial charge in [-0.15, -0.1) is 12.4 Å². The van der Waals surface area contributed by atoms with Crippen LogP contribution in [0.25, 0.3) is 0 Å². The lowest BCUT2D eigenvalue weighted by molar-refractivity contribution is 0.187. The van der Waals surface area contributed by atoms with Gasteiger partial charge in [0, 0.05) is 26.2 Å². The molecule has 0 saturated carbocycles. The summed E-state index contributed by atoms with van der Waals surface area (Å²) >= 11 is 0. The summed E-state index contributed by atoms with van der Waals surface area (Å²) in [4.78, 5) is 0. The molecule has 0 aromatic rings. The molecule has 5 N–H and O–H groups in total. The number of halogens is 1. The van der Waals surface area contributed by atoms with E-state index in [1.807, 2.05) is 10.0 Å². The number of rotatable bonds is 2. The summed E-state index contributed by atoms with van der Waals surface area (Å²) in [5.41, 5.74) is 5.99. The van der Waals surface area contributed by atoms with Crippen molar-refractivity contribution in [2.75, 3.05) is 26.2 Å². The first-order chi connectivity index (χ1) is 9.24. The second-order valence-electron chi connectivity index (χ2n) is 5.19. The van der Waals surface area contributed by atoms with E-state index in [0.29, 0.717) is 0 Å². The minimum absolute atomic E-state index is 0. The Kier molecular flexibility index (Phi) is 7.64. The van der Waals surface area contributed by atoms with Crippen molar-refractivity contribution in [2.24, 2.45) is 0 Å². The number of nitrogens with one attached hydrogen (secondary N) is 5. The molecule has 2 aliphatic rings. The minimum Gasteiger partial charge on any atom is -0.295 e. The molecule has 2 heterocycles. The topological polar surface area (TPSA) is 90.3 Å². The number of piperidine rings is 2. The first-order valence-corrected chi connectivity index (χ1v) is 7.21. The van der Waals surface area contributed by atoms with Crippen molar-refractivity contribution in [2.45, 2.75) is 38.5 Å². The molecule has 0 aliphatic carbocycles. The van der Waals surface area contributed by atoms with E-state index >= 15 is 0 Å². The maximum atomic E-state index is 7.81. The van der Waals surface area contributed by atoms with Crippen LogP contribution < -0.4 is 16.2 Å². The maximum Gasteiger partial charge on any atom is 0.210 e. The third kappa shape index (κ3) is 5.94. The van der Waals surface area contributed by atoms with E-state index in [0.717, 1.165) is 26.2 Å². The van der Waals surface area contributed by atoms with Crippen molar-refractivity contribution >= 4 is 24.3 Å². The first-order valence-electron chi connectivity index (χ1n) is 7.21. The lowest BCUT2D eigenvalue weighted by atomic mass is 10.2. The van der Waals surface area contributed by atoms with E-state index < -0.39 is 0 Å². The maximum absolute atomic E-state index is 7.81. The Morgan fingerprint density at radius 1 is 0.650 bits per heavy atom. The van der Waals surface area contributed by atoms with Gasteiger partial charge in [-0.1, -0.05) is 12.8 Å². The summed E-state index contributed by atoms with van der Waals surface area (Å²) < 4.78 is 0. The molecule has 0 unspecified atom stereocenters. The van der Waals surface area contributed by atoms with Crippen LogP contribution in [0.5, 0.6) is 0 Å². The Morgan fingerprint density at radius 2 is 1.00 bits per heavy atom. The molecule has 7 nitrogen and oxygen atoms in total. The molecule has 2 rings (SSSR count). The van der Waals surface area contributed by atoms with Gasteiger partial charge in [0.05, 0.1) is 0 Å². The minimum atomic E-state index is 0. The van der Waals surface area contributed by atoms with Gasteiger partial charge in [0.1, 0.15) is 0 Å². The molecule has 0 aromatic carbocycles. The third-order valence-electron chi connectivity index (χ3n) is 3.50. The van der Waals surface area contributed by atoms with Crippen LogP contribution in [0.1, 0.15) is 38.5 Å². The number of hydrogen-bond acceptors (Lipinski definition) is 4. The van der Waals surface area contributed by atoms with E-state index in [-0.39, 0.29) is 24.3 Å². The summed E-state index contributed by atoms with van der Waals surface area (Å²) in [6, 6.07) is 0. The molecule has 0 radical (unpaired) electrons. The molecular weight excluding hydrogens is 278 g/mol. The zero-order valence-corrected chi connectivity index (χ0v) is 12.7. The standard InChI is InChI=1S/C12H25N7.ClH/c13-11(16-18-7-3-1-4-8-18)15-12(14)17-19-9-5-2-6-10-19;/h1-10H2,(H5,13,14,15,16,17);1H. The zero-order valence-electron chi connectivity index (χ0n) is 11.9. The molecule has 0 spiro atoms. The highest BCUT2D eigenvalue weighted by molar-refractivity contribution is 5.95. The third-order valence-corrected chi connectivity index (χ3v) is 3.50. The molecule has 2 saturated heterocycles. The number of hydrazine groups is 2. The summed E-state index contributed by atoms with van der Waals surface area (Å²) in [5, 5.41) is 22.4. The van der Waals surface area contributed by atoms with Crippen molar-refractivity contribution in [3.8, 4) is 0 Å². The highest BCUT2D eigenvalue weighted by Gasteiger charge is 2.13. The highest BCUT2D eigenvalue weighted by Crippen LogP contribution is 2.06. The smallest absolute Gasteiger partial charge is 0.210 e. The second kappa shape index (κ2) is 8.99. The Labute approximate surface area is 126 Å². The van der Waals surface area contributed by atoms with Crippen molar-refractivity contribution in [3.63, 3.8) is 0 Å². The molecule has 0 aromatic heterocycles. The van der Waals surface area contributed by atoms with Crippen LogP contribution in [0.2, 0.25) is 0 Å². The van der Waals surface area contributed by atoms with Gasteiger partial charge in [-0.05, 0) is 25.7 Å². The second-order valence-corrected chi connectivity index (χ2v) is 5.19. The Bertz CT molecular complexity index is 281.